The van der Waals surface area contributed by atoms with Gasteiger partial charge in [0.05, 0.1) is 6.54 Å². The van der Waals surface area contributed by atoms with Gasteiger partial charge >= 0.3 is 0 Å². The van der Waals surface area contributed by atoms with E-state index in [9.17, 15) is 0 Å². The molecule has 0 saturated carbocycles. The van der Waals surface area contributed by atoms with E-state index in [0.29, 0.717) is 5.92 Å². The van der Waals surface area contributed by atoms with E-state index in [0.717, 1.165) is 6.54 Å². The van der Waals surface area contributed by atoms with Gasteiger partial charge in [0, 0.05) is 17.8 Å². The standard InChI is InChI=1S/C7H8N2/c1-4-9-7-2-3-8-5-6(1)7/h1-4,6,9H,5H2. The molecule has 2 heteroatoms. The van der Waals surface area contributed by atoms with Gasteiger partial charge in [0.15, 0.2) is 0 Å². The summed E-state index contributed by atoms with van der Waals surface area (Å²) < 4.78 is 0. The van der Waals surface area contributed by atoms with Gasteiger partial charge in [-0.2, -0.15) is 0 Å². The quantitative estimate of drug-likeness (QED) is 0.499. The SMILES string of the molecule is C1=CC2CN=CC=C2N1. The molecule has 0 aromatic carbocycles. The molecule has 0 fully saturated rings. The summed E-state index contributed by atoms with van der Waals surface area (Å²) in [6, 6.07) is 0. The predicted octanol–water partition coefficient (Wildman–Crippen LogP) is 0.688. The van der Waals surface area contributed by atoms with Crippen LogP contribution in [0.25, 0.3) is 0 Å². The second kappa shape index (κ2) is 1.72. The third-order valence-electron chi connectivity index (χ3n) is 1.64. The second-order valence-electron chi connectivity index (χ2n) is 2.25. The lowest BCUT2D eigenvalue weighted by molar-refractivity contribution is 0.756. The number of dihydropyridines is 1. The van der Waals surface area contributed by atoms with Crippen LogP contribution in [-0.4, -0.2) is 12.8 Å². The van der Waals surface area contributed by atoms with E-state index in [4.69, 9.17) is 0 Å². The zero-order valence-electron chi connectivity index (χ0n) is 5.04. The summed E-state index contributed by atoms with van der Waals surface area (Å²) in [6.45, 7) is 0.912. The molecule has 9 heavy (non-hydrogen) atoms. The molecule has 0 saturated heterocycles. The maximum Gasteiger partial charge on any atom is 0.0507 e. The van der Waals surface area contributed by atoms with Crippen molar-refractivity contribution in [2.24, 2.45) is 10.9 Å². The molecule has 1 atom stereocenters. The van der Waals surface area contributed by atoms with Gasteiger partial charge in [-0.05, 0) is 12.3 Å². The van der Waals surface area contributed by atoms with Crippen LogP contribution in [0.1, 0.15) is 0 Å². The van der Waals surface area contributed by atoms with Crippen LogP contribution < -0.4 is 5.32 Å². The van der Waals surface area contributed by atoms with Crippen LogP contribution in [0.15, 0.2) is 29.0 Å². The molecular weight excluding hydrogens is 112 g/mol. The summed E-state index contributed by atoms with van der Waals surface area (Å²) in [6.07, 6.45) is 7.99. The minimum absolute atomic E-state index is 0.537. The summed E-state index contributed by atoms with van der Waals surface area (Å²) in [5.74, 6) is 0.537. The summed E-state index contributed by atoms with van der Waals surface area (Å²) in [5.41, 5.74) is 1.28. The molecule has 0 aromatic heterocycles. The number of allylic oxidation sites excluding steroid dienone is 1. The zero-order valence-corrected chi connectivity index (χ0v) is 5.04. The van der Waals surface area contributed by atoms with Gasteiger partial charge in [0.2, 0.25) is 0 Å². The topological polar surface area (TPSA) is 24.4 Å². The third kappa shape index (κ3) is 0.669. The third-order valence-corrected chi connectivity index (χ3v) is 1.64. The van der Waals surface area contributed by atoms with Crippen molar-refractivity contribution >= 4 is 6.21 Å². The van der Waals surface area contributed by atoms with Crippen LogP contribution >= 0.6 is 0 Å². The van der Waals surface area contributed by atoms with Crippen molar-refractivity contribution in [2.75, 3.05) is 6.54 Å². The van der Waals surface area contributed by atoms with E-state index in [1.165, 1.54) is 5.70 Å². The molecule has 2 aliphatic heterocycles. The molecule has 2 aliphatic rings. The van der Waals surface area contributed by atoms with Crippen molar-refractivity contribution in [3.63, 3.8) is 0 Å². The number of hydrogen-bond donors (Lipinski definition) is 1. The molecule has 46 valence electrons. The Morgan fingerprint density at radius 3 is 3.56 bits per heavy atom. The molecule has 2 heterocycles. The lowest BCUT2D eigenvalue weighted by atomic mass is 10.1. The maximum absolute atomic E-state index is 4.13. The van der Waals surface area contributed by atoms with Crippen LogP contribution in [0.2, 0.25) is 0 Å². The highest BCUT2D eigenvalue weighted by Gasteiger charge is 2.15. The number of nitrogens with one attached hydrogen (secondary N) is 1. The van der Waals surface area contributed by atoms with Crippen molar-refractivity contribution < 1.29 is 0 Å². The molecule has 1 unspecified atom stereocenters. The second-order valence-corrected chi connectivity index (χ2v) is 2.25. The summed E-state index contributed by atoms with van der Waals surface area (Å²) >= 11 is 0. The van der Waals surface area contributed by atoms with Crippen molar-refractivity contribution in [3.8, 4) is 0 Å². The van der Waals surface area contributed by atoms with Gasteiger partial charge in [-0.15, -0.1) is 0 Å². The van der Waals surface area contributed by atoms with Gasteiger partial charge in [0.25, 0.3) is 0 Å². The molecule has 0 radical (unpaired) electrons. The van der Waals surface area contributed by atoms with Crippen molar-refractivity contribution in [1.29, 1.82) is 0 Å². The normalized spacial score (nSPS) is 29.3. The average molecular weight is 120 g/mol. The number of nitrogens with zero attached hydrogens (tertiary/aromatic N) is 1. The first kappa shape index (κ1) is 4.79. The molecule has 0 amide bonds. The molecule has 2 rings (SSSR count). The van der Waals surface area contributed by atoms with Gasteiger partial charge in [-0.1, -0.05) is 6.08 Å². The maximum atomic E-state index is 4.13. The Labute approximate surface area is 54.0 Å². The Morgan fingerprint density at radius 2 is 2.67 bits per heavy atom. The smallest absolute Gasteiger partial charge is 0.0507 e. The monoisotopic (exact) mass is 120 g/mol. The molecular formula is C7H8N2. The van der Waals surface area contributed by atoms with E-state index in [1.54, 1.807) is 0 Å². The Balaban J connectivity index is 2.29. The molecule has 0 aromatic rings. The van der Waals surface area contributed by atoms with E-state index in [1.807, 2.05) is 18.5 Å². The summed E-state index contributed by atoms with van der Waals surface area (Å²) in [7, 11) is 0. The van der Waals surface area contributed by atoms with Crippen LogP contribution in [-0.2, 0) is 0 Å². The number of hydrogen-bond acceptors (Lipinski definition) is 2. The Bertz CT molecular complexity index is 201. The first-order valence-corrected chi connectivity index (χ1v) is 3.10. The highest BCUT2D eigenvalue weighted by atomic mass is 14.9. The highest BCUT2D eigenvalue weighted by molar-refractivity contribution is 5.73. The van der Waals surface area contributed by atoms with E-state index < -0.39 is 0 Å². The van der Waals surface area contributed by atoms with E-state index in [2.05, 4.69) is 16.4 Å². The van der Waals surface area contributed by atoms with Gasteiger partial charge < -0.3 is 5.32 Å². The van der Waals surface area contributed by atoms with Crippen LogP contribution in [0.4, 0.5) is 0 Å². The fourth-order valence-electron chi connectivity index (χ4n) is 1.11. The Hall–Kier alpha value is -1.05. The molecule has 2 nitrogen and oxygen atoms in total. The first-order valence-electron chi connectivity index (χ1n) is 3.10. The highest BCUT2D eigenvalue weighted by Crippen LogP contribution is 2.17. The van der Waals surface area contributed by atoms with Crippen LogP contribution in [0.5, 0.6) is 0 Å². The Kier molecular flexibility index (Phi) is 0.918. The minimum Gasteiger partial charge on any atom is -0.365 e. The predicted molar refractivity (Wildman–Crippen MR) is 37.2 cm³/mol. The van der Waals surface area contributed by atoms with Gasteiger partial charge in [-0.25, -0.2) is 0 Å². The van der Waals surface area contributed by atoms with E-state index in [-0.39, 0.29) is 0 Å². The lowest BCUT2D eigenvalue weighted by Crippen LogP contribution is -2.12. The fourth-order valence-corrected chi connectivity index (χ4v) is 1.11. The van der Waals surface area contributed by atoms with Gasteiger partial charge in [-0.3, -0.25) is 4.99 Å². The first-order chi connectivity index (χ1) is 4.47. The number of fused-ring (bicyclic) bond motifs is 1. The lowest BCUT2D eigenvalue weighted by Gasteiger charge is -2.09. The largest absolute Gasteiger partial charge is 0.365 e. The minimum atomic E-state index is 0.537. The van der Waals surface area contributed by atoms with Crippen LogP contribution in [0, 0.1) is 5.92 Å². The Morgan fingerprint density at radius 1 is 1.67 bits per heavy atom. The average Bonchev–Trinajstić information content (AvgIpc) is 2.33. The molecule has 0 spiro atoms. The van der Waals surface area contributed by atoms with Crippen LogP contribution in [0.3, 0.4) is 0 Å². The van der Waals surface area contributed by atoms with Crippen molar-refractivity contribution in [3.05, 3.63) is 24.0 Å². The zero-order chi connectivity index (χ0) is 6.10. The summed E-state index contributed by atoms with van der Waals surface area (Å²) in [4.78, 5) is 4.13. The number of rotatable bonds is 0. The van der Waals surface area contributed by atoms with E-state index >= 15 is 0 Å². The molecule has 0 aliphatic carbocycles. The number of aliphatic imine (C=N–C) groups is 1. The fraction of sp³-hybridized carbons (Fsp3) is 0.286. The summed E-state index contributed by atoms with van der Waals surface area (Å²) in [5, 5.41) is 3.15. The van der Waals surface area contributed by atoms with Crippen molar-refractivity contribution in [1.82, 2.24) is 5.32 Å². The van der Waals surface area contributed by atoms with Gasteiger partial charge in [0.1, 0.15) is 0 Å². The van der Waals surface area contributed by atoms with Crippen molar-refractivity contribution in [2.45, 2.75) is 0 Å². The molecule has 1 N–H and O–H groups in total. The molecule has 0 bridgehead atoms.